The van der Waals surface area contributed by atoms with Gasteiger partial charge < -0.3 is 0 Å². The van der Waals surface area contributed by atoms with Crippen LogP contribution in [0.15, 0.2) is 22.7 Å². The van der Waals surface area contributed by atoms with Crippen LogP contribution in [-0.2, 0) is 21.3 Å². The van der Waals surface area contributed by atoms with Gasteiger partial charge in [0.25, 0.3) is 0 Å². The second kappa shape index (κ2) is 4.77. The van der Waals surface area contributed by atoms with Gasteiger partial charge in [0.15, 0.2) is 0 Å². The molecule has 0 bridgehead atoms. The Morgan fingerprint density at radius 1 is 1.42 bits per heavy atom. The zero-order chi connectivity index (χ0) is 8.97. The fourth-order valence-corrected chi connectivity index (χ4v) is 1.23. The van der Waals surface area contributed by atoms with Crippen LogP contribution in [0.25, 0.3) is 0 Å². The quantitative estimate of drug-likeness (QED) is 0.802. The molecule has 64 valence electrons. The largest absolute Gasteiger partial charge is 0.266 e. The molecule has 1 aromatic rings. The molecule has 0 heterocycles. The first-order chi connectivity index (χ1) is 5.74. The van der Waals surface area contributed by atoms with E-state index in [1.807, 2.05) is 0 Å². The van der Waals surface area contributed by atoms with Gasteiger partial charge in [0, 0.05) is 16.2 Å². The van der Waals surface area contributed by atoms with Gasteiger partial charge in [-0.25, -0.2) is 0 Å². The summed E-state index contributed by atoms with van der Waals surface area (Å²) in [5, 5.41) is 1.17. The lowest BCUT2D eigenvalue weighted by Crippen LogP contribution is -1.86. The molecule has 0 amide bonds. The molecule has 0 unspecified atom stereocenters. The zero-order valence-corrected chi connectivity index (χ0v) is 8.90. The number of hydrogen-bond acceptors (Lipinski definition) is 2. The lowest BCUT2D eigenvalue weighted by atomic mass is 10.3. The molecule has 0 aliphatic heterocycles. The molecular formula is C6H4Cl2N2S2. The predicted molar refractivity (Wildman–Crippen MR) is 57.2 cm³/mol. The van der Waals surface area contributed by atoms with Gasteiger partial charge >= 0.3 is 0 Å². The van der Waals surface area contributed by atoms with Crippen LogP contribution >= 0.6 is 23.2 Å². The zero-order valence-electron chi connectivity index (χ0n) is 5.75. The molecule has 0 fully saturated rings. The van der Waals surface area contributed by atoms with E-state index in [9.17, 15) is 0 Å². The van der Waals surface area contributed by atoms with Crippen LogP contribution in [-0.4, -0.2) is 0 Å². The second-order valence-corrected chi connectivity index (χ2v) is 3.52. The molecule has 0 aliphatic carbocycles. The van der Waals surface area contributed by atoms with Crippen molar-refractivity contribution in [3.63, 3.8) is 0 Å². The summed E-state index contributed by atoms with van der Waals surface area (Å²) in [6.07, 6.45) is 0. The predicted octanol–water partition coefficient (Wildman–Crippen LogP) is 3.05. The minimum absolute atomic E-state index is 0.562. The number of halogens is 2. The average Bonchev–Trinajstić information content (AvgIpc) is 2.07. The Labute approximate surface area is 88.2 Å². The van der Waals surface area contributed by atoms with E-state index in [2.05, 4.69) is 21.1 Å². The maximum absolute atomic E-state index is 5.81. The summed E-state index contributed by atoms with van der Waals surface area (Å²) in [6.45, 7) is 0. The normalized spacial score (nSPS) is 9.17. The van der Waals surface area contributed by atoms with Crippen molar-refractivity contribution >= 4 is 50.2 Å². The van der Waals surface area contributed by atoms with Crippen LogP contribution in [0.3, 0.4) is 0 Å². The van der Waals surface area contributed by atoms with Gasteiger partial charge in [0.2, 0.25) is 0 Å². The first-order valence-electron chi connectivity index (χ1n) is 2.94. The van der Waals surface area contributed by atoms with E-state index in [1.54, 1.807) is 18.2 Å². The van der Waals surface area contributed by atoms with Gasteiger partial charge in [-0.3, -0.25) is 5.43 Å². The minimum atomic E-state index is 0.562. The first-order valence-corrected chi connectivity index (χ1v) is 5.39. The minimum Gasteiger partial charge on any atom is -0.266 e. The second-order valence-electron chi connectivity index (χ2n) is 1.90. The van der Waals surface area contributed by atoms with Gasteiger partial charge in [0.05, 0.1) is 20.8 Å². The Hall–Kier alpha value is -0.160. The molecule has 6 heteroatoms. The number of nitrogens with one attached hydrogen (secondary N) is 1. The van der Waals surface area contributed by atoms with Crippen LogP contribution in [0.1, 0.15) is 0 Å². The molecule has 0 spiro atoms. The van der Waals surface area contributed by atoms with Crippen LogP contribution < -0.4 is 5.43 Å². The third-order valence-electron chi connectivity index (χ3n) is 1.13. The van der Waals surface area contributed by atoms with E-state index in [0.29, 0.717) is 15.7 Å². The van der Waals surface area contributed by atoms with Crippen LogP contribution in [0.5, 0.6) is 0 Å². The summed E-state index contributed by atoms with van der Waals surface area (Å²) < 4.78 is 3.68. The van der Waals surface area contributed by atoms with Gasteiger partial charge in [-0.15, -0.1) is 4.47 Å². The highest BCUT2D eigenvalue weighted by Crippen LogP contribution is 2.25. The van der Waals surface area contributed by atoms with E-state index in [-0.39, 0.29) is 0 Å². The van der Waals surface area contributed by atoms with Gasteiger partial charge in [-0.2, -0.15) is 0 Å². The van der Waals surface area contributed by atoms with Crippen molar-refractivity contribution in [2.45, 2.75) is 0 Å². The van der Waals surface area contributed by atoms with Crippen molar-refractivity contribution < 1.29 is 0 Å². The maximum Gasteiger partial charge on any atom is 0.0772 e. The van der Waals surface area contributed by atoms with E-state index in [1.165, 1.54) is 0 Å². The van der Waals surface area contributed by atoms with E-state index >= 15 is 0 Å². The third kappa shape index (κ3) is 2.71. The molecule has 1 aromatic carbocycles. The highest BCUT2D eigenvalue weighted by molar-refractivity contribution is 8.12. The molecule has 0 saturated carbocycles. The number of hydrogen-bond donors (Lipinski definition) is 1. The summed E-state index contributed by atoms with van der Waals surface area (Å²) in [5.41, 5.74) is 3.33. The lowest BCUT2D eigenvalue weighted by Gasteiger charge is -2.00. The summed E-state index contributed by atoms with van der Waals surface area (Å²) in [5.74, 6) is 0. The standard InChI is InChI=1S/C6H4Cl2N2S2/c7-4-1-2-5(8)6(3-4)9-10-12-11/h1-3,9H. The highest BCUT2D eigenvalue weighted by Gasteiger charge is 1.98. The van der Waals surface area contributed by atoms with Crippen molar-refractivity contribution in [3.8, 4) is 0 Å². The van der Waals surface area contributed by atoms with E-state index in [4.69, 9.17) is 23.2 Å². The van der Waals surface area contributed by atoms with E-state index < -0.39 is 0 Å². The summed E-state index contributed by atoms with van der Waals surface area (Å²) >= 11 is 16.1. The topological polar surface area (TPSA) is 24.4 Å². The Bertz CT molecular complexity index is 336. The third-order valence-corrected chi connectivity index (χ3v) is 2.09. The highest BCUT2D eigenvalue weighted by atomic mass is 35.5. The van der Waals surface area contributed by atoms with Crippen molar-refractivity contribution in [1.82, 2.24) is 0 Å². The fraction of sp³-hybridized carbons (Fsp3) is 0. The molecule has 0 aromatic heterocycles. The van der Waals surface area contributed by atoms with Crippen molar-refractivity contribution in [2.24, 2.45) is 4.47 Å². The maximum atomic E-state index is 5.81. The monoisotopic (exact) mass is 238 g/mol. The SMILES string of the molecule is S=S=NNc1cc(Cl)ccc1Cl. The average molecular weight is 239 g/mol. The summed E-state index contributed by atoms with van der Waals surface area (Å²) in [6, 6.07) is 5.07. The Morgan fingerprint density at radius 3 is 2.83 bits per heavy atom. The van der Waals surface area contributed by atoms with Crippen LogP contribution in [0.4, 0.5) is 5.69 Å². The summed E-state index contributed by atoms with van der Waals surface area (Å²) in [7, 11) is 0.907. The Morgan fingerprint density at radius 2 is 2.17 bits per heavy atom. The first kappa shape index (κ1) is 9.92. The molecule has 0 aliphatic rings. The molecule has 2 nitrogen and oxygen atoms in total. The smallest absolute Gasteiger partial charge is 0.0772 e. The molecule has 1 N–H and O–H groups in total. The lowest BCUT2D eigenvalue weighted by molar-refractivity contribution is 1.39. The molecule has 0 saturated heterocycles. The Kier molecular flexibility index (Phi) is 3.94. The van der Waals surface area contributed by atoms with Crippen molar-refractivity contribution in [1.29, 1.82) is 0 Å². The van der Waals surface area contributed by atoms with Crippen molar-refractivity contribution in [3.05, 3.63) is 28.2 Å². The number of benzene rings is 1. The summed E-state index contributed by atoms with van der Waals surface area (Å²) in [4.78, 5) is 0. The molecule has 0 radical (unpaired) electrons. The Balaban J connectivity index is 2.96. The molecule has 1 rings (SSSR count). The number of anilines is 1. The number of rotatable bonds is 2. The van der Waals surface area contributed by atoms with Gasteiger partial charge in [-0.05, 0) is 18.2 Å². The molecule has 0 atom stereocenters. The van der Waals surface area contributed by atoms with Gasteiger partial charge in [-0.1, -0.05) is 23.2 Å². The molecular weight excluding hydrogens is 235 g/mol. The van der Waals surface area contributed by atoms with Gasteiger partial charge in [0.1, 0.15) is 0 Å². The number of nitrogens with zero attached hydrogens (tertiary/aromatic N) is 1. The van der Waals surface area contributed by atoms with Crippen LogP contribution in [0.2, 0.25) is 10.0 Å². The van der Waals surface area contributed by atoms with E-state index in [0.717, 1.165) is 10.1 Å². The fourth-order valence-electron chi connectivity index (χ4n) is 0.651. The van der Waals surface area contributed by atoms with Crippen molar-refractivity contribution in [2.75, 3.05) is 5.43 Å². The molecule has 12 heavy (non-hydrogen) atoms. The van der Waals surface area contributed by atoms with Crippen LogP contribution in [0, 0.1) is 0 Å².